The first-order chi connectivity index (χ1) is 14.5. The predicted octanol–water partition coefficient (Wildman–Crippen LogP) is 4.41. The Morgan fingerprint density at radius 2 is 1.93 bits per heavy atom. The van der Waals surface area contributed by atoms with E-state index in [9.17, 15) is 4.39 Å². The molecule has 2 aliphatic rings. The molecule has 2 aromatic heterocycles. The van der Waals surface area contributed by atoms with Crippen molar-refractivity contribution in [2.75, 3.05) is 30.4 Å². The molecule has 0 amide bonds. The van der Waals surface area contributed by atoms with Crippen LogP contribution in [0.4, 0.5) is 16.0 Å². The zero-order chi connectivity index (χ0) is 21.0. The van der Waals surface area contributed by atoms with Crippen LogP contribution in [0.25, 0.3) is 11.3 Å². The Morgan fingerprint density at radius 3 is 2.70 bits per heavy atom. The largest absolute Gasteiger partial charge is 0.381 e. The van der Waals surface area contributed by atoms with Crippen molar-refractivity contribution in [3.63, 3.8) is 0 Å². The molecule has 0 spiro atoms. The minimum atomic E-state index is -1.26. The lowest BCUT2D eigenvalue weighted by atomic mass is 9.92. The molecule has 1 aliphatic carbocycles. The fourth-order valence-corrected chi connectivity index (χ4v) is 4.23. The molecule has 1 saturated heterocycles. The number of halogens is 2. The van der Waals surface area contributed by atoms with Crippen molar-refractivity contribution in [1.82, 2.24) is 9.97 Å². The molecule has 6 nitrogen and oxygen atoms in total. The van der Waals surface area contributed by atoms with Crippen LogP contribution in [0.5, 0.6) is 0 Å². The summed E-state index contributed by atoms with van der Waals surface area (Å²) in [4.78, 5) is 9.08. The van der Waals surface area contributed by atoms with E-state index >= 15 is 0 Å². The normalized spacial score (nSPS) is 23.7. The second kappa shape index (κ2) is 9.45. The van der Waals surface area contributed by atoms with Gasteiger partial charge >= 0.3 is 0 Å². The quantitative estimate of drug-likeness (QED) is 0.625. The Hall–Kier alpha value is -1.96. The van der Waals surface area contributed by atoms with Crippen molar-refractivity contribution in [1.29, 1.82) is 0 Å². The van der Waals surface area contributed by atoms with Gasteiger partial charge in [-0.15, -0.1) is 0 Å². The third-order valence-electron chi connectivity index (χ3n) is 5.98. The molecule has 30 heavy (non-hydrogen) atoms. The van der Waals surface area contributed by atoms with Crippen molar-refractivity contribution < 1.29 is 9.13 Å². The standard InChI is InChI=1S/C22H29ClFN5O/c23-18-13-26-21(28-16-6-4-15(25)5-7-16)12-17(18)19-2-1-3-20(29-19)27-14-22(24)8-10-30-11-9-22/h1-3,12-13,15-16H,4-11,14,25H2,(H,26,28)(H,27,29). The number of ether oxygens (including phenoxy) is 1. The third-order valence-corrected chi connectivity index (χ3v) is 6.28. The maximum Gasteiger partial charge on any atom is 0.132 e. The monoisotopic (exact) mass is 433 g/mol. The number of anilines is 2. The molecule has 2 aromatic rings. The van der Waals surface area contributed by atoms with Crippen LogP contribution in [0.2, 0.25) is 5.02 Å². The minimum Gasteiger partial charge on any atom is -0.381 e. The van der Waals surface area contributed by atoms with Crippen molar-refractivity contribution in [3.05, 3.63) is 35.5 Å². The van der Waals surface area contributed by atoms with Gasteiger partial charge in [-0.3, -0.25) is 0 Å². The number of nitrogens with zero attached hydrogens (tertiary/aromatic N) is 2. The molecule has 2 fully saturated rings. The van der Waals surface area contributed by atoms with Crippen LogP contribution >= 0.6 is 11.6 Å². The molecule has 8 heteroatoms. The number of hydrogen-bond donors (Lipinski definition) is 3. The van der Waals surface area contributed by atoms with E-state index in [1.165, 1.54) is 0 Å². The van der Waals surface area contributed by atoms with E-state index in [0.717, 1.165) is 42.8 Å². The van der Waals surface area contributed by atoms with Crippen LogP contribution < -0.4 is 16.4 Å². The van der Waals surface area contributed by atoms with Gasteiger partial charge in [-0.1, -0.05) is 17.7 Å². The van der Waals surface area contributed by atoms with Crippen LogP contribution in [0, 0.1) is 0 Å². The van der Waals surface area contributed by atoms with Gasteiger partial charge in [0.2, 0.25) is 0 Å². The number of hydrogen-bond acceptors (Lipinski definition) is 6. The van der Waals surface area contributed by atoms with Crippen LogP contribution in [0.3, 0.4) is 0 Å². The molecule has 0 radical (unpaired) electrons. The predicted molar refractivity (Wildman–Crippen MR) is 119 cm³/mol. The van der Waals surface area contributed by atoms with Gasteiger partial charge in [0, 0.05) is 49.9 Å². The topological polar surface area (TPSA) is 85.1 Å². The third kappa shape index (κ3) is 5.39. The van der Waals surface area contributed by atoms with Gasteiger partial charge in [0.25, 0.3) is 0 Å². The molecule has 1 saturated carbocycles. The van der Waals surface area contributed by atoms with Crippen LogP contribution in [-0.2, 0) is 4.74 Å². The first-order valence-corrected chi connectivity index (χ1v) is 11.0. The molecule has 162 valence electrons. The van der Waals surface area contributed by atoms with Crippen molar-refractivity contribution in [2.45, 2.75) is 56.3 Å². The fourth-order valence-electron chi connectivity index (χ4n) is 4.03. The van der Waals surface area contributed by atoms with E-state index in [-0.39, 0.29) is 6.54 Å². The van der Waals surface area contributed by atoms with Gasteiger partial charge < -0.3 is 21.1 Å². The first-order valence-electron chi connectivity index (χ1n) is 10.7. The van der Waals surface area contributed by atoms with E-state index in [2.05, 4.69) is 20.6 Å². The molecule has 4 N–H and O–H groups in total. The fraction of sp³-hybridized carbons (Fsp3) is 0.545. The van der Waals surface area contributed by atoms with E-state index in [4.69, 9.17) is 22.1 Å². The van der Waals surface area contributed by atoms with Gasteiger partial charge in [-0.05, 0) is 43.9 Å². The van der Waals surface area contributed by atoms with Crippen molar-refractivity contribution >= 4 is 23.2 Å². The molecule has 0 atom stereocenters. The lowest BCUT2D eigenvalue weighted by Gasteiger charge is -2.29. The molecule has 4 rings (SSSR count). The number of aromatic nitrogens is 2. The summed E-state index contributed by atoms with van der Waals surface area (Å²) in [6.45, 7) is 1.13. The summed E-state index contributed by atoms with van der Waals surface area (Å²) in [6.07, 6.45) is 6.57. The van der Waals surface area contributed by atoms with Crippen LogP contribution in [0.15, 0.2) is 30.5 Å². The molecule has 1 aliphatic heterocycles. The average molecular weight is 434 g/mol. The highest BCUT2D eigenvalue weighted by Crippen LogP contribution is 2.31. The van der Waals surface area contributed by atoms with Gasteiger partial charge in [-0.25, -0.2) is 14.4 Å². The SMILES string of the molecule is NC1CCC(Nc2cc(-c3cccc(NCC4(F)CCOCC4)n3)c(Cl)cn2)CC1. The summed E-state index contributed by atoms with van der Waals surface area (Å²) in [5, 5.41) is 7.17. The molecule has 3 heterocycles. The van der Waals surface area contributed by atoms with E-state index in [1.54, 1.807) is 6.20 Å². The van der Waals surface area contributed by atoms with Gasteiger partial charge in [-0.2, -0.15) is 0 Å². The Balaban J connectivity index is 1.46. The lowest BCUT2D eigenvalue weighted by Crippen LogP contribution is -2.38. The first kappa shape index (κ1) is 21.3. The Kier molecular flexibility index (Phi) is 6.71. The summed E-state index contributed by atoms with van der Waals surface area (Å²) in [6, 6.07) is 8.24. The van der Waals surface area contributed by atoms with E-state index in [1.807, 2.05) is 24.3 Å². The van der Waals surface area contributed by atoms with Gasteiger partial charge in [0.05, 0.1) is 17.3 Å². The number of pyridine rings is 2. The Bertz CT molecular complexity index is 853. The van der Waals surface area contributed by atoms with E-state index in [0.29, 0.717) is 49.0 Å². The number of nitrogens with two attached hydrogens (primary N) is 1. The van der Waals surface area contributed by atoms with Gasteiger partial charge in [0.15, 0.2) is 0 Å². The molecular formula is C22H29ClFN5O. The second-order valence-electron chi connectivity index (χ2n) is 8.33. The number of rotatable bonds is 6. The smallest absolute Gasteiger partial charge is 0.132 e. The average Bonchev–Trinajstić information content (AvgIpc) is 2.76. The zero-order valence-electron chi connectivity index (χ0n) is 17.0. The van der Waals surface area contributed by atoms with Crippen molar-refractivity contribution in [3.8, 4) is 11.3 Å². The maximum atomic E-state index is 14.8. The molecular weight excluding hydrogens is 405 g/mol. The summed E-state index contributed by atoms with van der Waals surface area (Å²) in [5.74, 6) is 1.40. The summed E-state index contributed by atoms with van der Waals surface area (Å²) >= 11 is 6.42. The van der Waals surface area contributed by atoms with Crippen LogP contribution in [-0.4, -0.2) is 47.5 Å². The summed E-state index contributed by atoms with van der Waals surface area (Å²) < 4.78 is 20.1. The minimum absolute atomic E-state index is 0.216. The molecule has 0 bridgehead atoms. The highest BCUT2D eigenvalue weighted by atomic mass is 35.5. The highest BCUT2D eigenvalue weighted by Gasteiger charge is 2.32. The van der Waals surface area contributed by atoms with Crippen molar-refractivity contribution in [2.24, 2.45) is 5.73 Å². The van der Waals surface area contributed by atoms with Crippen LogP contribution in [0.1, 0.15) is 38.5 Å². The Morgan fingerprint density at radius 1 is 1.17 bits per heavy atom. The lowest BCUT2D eigenvalue weighted by molar-refractivity contribution is -0.00119. The summed E-state index contributed by atoms with van der Waals surface area (Å²) in [7, 11) is 0. The highest BCUT2D eigenvalue weighted by molar-refractivity contribution is 6.33. The molecule has 0 unspecified atom stereocenters. The van der Waals surface area contributed by atoms with Gasteiger partial charge in [0.1, 0.15) is 17.3 Å². The zero-order valence-corrected chi connectivity index (χ0v) is 17.8. The molecule has 0 aromatic carbocycles. The van der Waals surface area contributed by atoms with E-state index < -0.39 is 5.67 Å². The summed E-state index contributed by atoms with van der Waals surface area (Å²) in [5.41, 5.74) is 6.26. The second-order valence-corrected chi connectivity index (χ2v) is 8.74. The Labute approximate surface area is 181 Å². The maximum absolute atomic E-state index is 14.8. The number of alkyl halides is 1. The number of nitrogens with one attached hydrogen (secondary N) is 2.